The van der Waals surface area contributed by atoms with Gasteiger partial charge in [0, 0.05) is 0 Å². The van der Waals surface area contributed by atoms with Crippen LogP contribution in [0.5, 0.6) is 0 Å². The van der Waals surface area contributed by atoms with E-state index in [0.29, 0.717) is 5.57 Å². The molecule has 0 aromatic carbocycles. The Hall–Kier alpha value is -0.680. The van der Waals surface area contributed by atoms with Crippen LogP contribution < -0.4 is 5.73 Å². The van der Waals surface area contributed by atoms with E-state index in [0.717, 1.165) is 0 Å². The van der Waals surface area contributed by atoms with Gasteiger partial charge >= 0.3 is 13.6 Å². The highest BCUT2D eigenvalue weighted by atomic mass is 31.2. The van der Waals surface area contributed by atoms with Crippen LogP contribution in [0.4, 0.5) is 0 Å². The zero-order valence-electron chi connectivity index (χ0n) is 8.71. The minimum Gasteiger partial charge on any atom is -0.465 e. The van der Waals surface area contributed by atoms with Gasteiger partial charge < -0.3 is 20.3 Å². The van der Waals surface area contributed by atoms with Gasteiger partial charge in [-0.15, -0.1) is 0 Å². The molecule has 0 aromatic rings. The highest BCUT2D eigenvalue weighted by Gasteiger charge is 2.16. The number of carbonyl (C=O) groups excluding carboxylic acids is 1. The first-order valence-corrected chi connectivity index (χ1v) is 6.20. The van der Waals surface area contributed by atoms with E-state index >= 15 is 0 Å². The normalized spacial score (nSPS) is 14.9. The molecule has 0 rings (SSSR count). The van der Waals surface area contributed by atoms with Crippen LogP contribution in [0.2, 0.25) is 0 Å². The molecule has 0 radical (unpaired) electrons. The topological polar surface area (TPSA) is 110 Å². The van der Waals surface area contributed by atoms with Crippen molar-refractivity contribution < 1.29 is 23.9 Å². The van der Waals surface area contributed by atoms with Gasteiger partial charge in [-0.25, -0.2) is 0 Å². The lowest BCUT2D eigenvalue weighted by Crippen LogP contribution is -2.30. The maximum absolute atomic E-state index is 11.1. The van der Waals surface area contributed by atoms with Crippen molar-refractivity contribution >= 4 is 13.6 Å². The second-order valence-corrected chi connectivity index (χ2v) is 4.76. The van der Waals surface area contributed by atoms with Gasteiger partial charge in [-0.2, -0.15) is 0 Å². The summed E-state index contributed by atoms with van der Waals surface area (Å²) in [6, 6.07) is -0.975. The number of hydrogen-bond acceptors (Lipinski definition) is 4. The smallest absolute Gasteiger partial charge is 0.329 e. The Bertz CT molecular complexity index is 295. The third-order valence-electron chi connectivity index (χ3n) is 1.48. The standard InChI is InChI=1S/C8H16NO5P/c1-3-14-8(10)7(9)4-6(2)5-15(11,12)13/h4,7H,3,5,9H2,1-2H3,(H2,11,12,13). The molecule has 15 heavy (non-hydrogen) atoms. The van der Waals surface area contributed by atoms with E-state index in [9.17, 15) is 9.36 Å². The molecule has 0 fully saturated rings. The third kappa shape index (κ3) is 7.27. The number of rotatable bonds is 5. The fourth-order valence-electron chi connectivity index (χ4n) is 0.991. The van der Waals surface area contributed by atoms with Gasteiger partial charge in [0.25, 0.3) is 0 Å². The van der Waals surface area contributed by atoms with Crippen molar-refractivity contribution in [2.24, 2.45) is 5.73 Å². The van der Waals surface area contributed by atoms with Crippen LogP contribution in [0.1, 0.15) is 13.8 Å². The summed E-state index contributed by atoms with van der Waals surface area (Å²) in [5.41, 5.74) is 5.78. The molecule has 0 aliphatic carbocycles. The third-order valence-corrected chi connectivity index (χ3v) is 2.39. The fourth-order valence-corrected chi connectivity index (χ4v) is 1.75. The van der Waals surface area contributed by atoms with E-state index in [2.05, 4.69) is 4.74 Å². The van der Waals surface area contributed by atoms with Gasteiger partial charge in [0.2, 0.25) is 0 Å². The maximum Gasteiger partial charge on any atom is 0.329 e. The van der Waals surface area contributed by atoms with Crippen molar-refractivity contribution in [1.82, 2.24) is 0 Å². The Labute approximate surface area is 88.3 Å². The zero-order valence-corrected chi connectivity index (χ0v) is 9.61. The molecule has 0 saturated carbocycles. The van der Waals surface area contributed by atoms with Crippen molar-refractivity contribution in [2.45, 2.75) is 19.9 Å². The Morgan fingerprint density at radius 3 is 2.53 bits per heavy atom. The van der Waals surface area contributed by atoms with Gasteiger partial charge in [-0.3, -0.25) is 9.36 Å². The SMILES string of the molecule is CCOC(=O)C(N)C=C(C)CP(=O)(O)O. The molecule has 4 N–H and O–H groups in total. The van der Waals surface area contributed by atoms with Crippen LogP contribution in [0.15, 0.2) is 11.6 Å². The van der Waals surface area contributed by atoms with Gasteiger partial charge in [-0.1, -0.05) is 11.6 Å². The zero-order chi connectivity index (χ0) is 12.1. The monoisotopic (exact) mass is 237 g/mol. The second-order valence-electron chi connectivity index (χ2n) is 3.11. The summed E-state index contributed by atoms with van der Waals surface area (Å²) in [4.78, 5) is 28.4. The summed E-state index contributed by atoms with van der Waals surface area (Å²) >= 11 is 0. The summed E-state index contributed by atoms with van der Waals surface area (Å²) in [6.07, 6.45) is 0.886. The summed E-state index contributed by atoms with van der Waals surface area (Å²) in [6.45, 7) is 3.37. The first-order valence-electron chi connectivity index (χ1n) is 4.40. The minimum absolute atomic E-state index is 0.220. The van der Waals surface area contributed by atoms with E-state index < -0.39 is 25.8 Å². The summed E-state index contributed by atoms with van der Waals surface area (Å²) < 4.78 is 15.2. The van der Waals surface area contributed by atoms with Crippen LogP contribution >= 0.6 is 7.60 Å². The number of allylic oxidation sites excluding steroid dienone is 1. The Morgan fingerprint density at radius 1 is 1.60 bits per heavy atom. The van der Waals surface area contributed by atoms with E-state index in [1.165, 1.54) is 13.0 Å². The van der Waals surface area contributed by atoms with E-state index in [1.807, 2.05) is 0 Å². The Balaban J connectivity index is 4.35. The molecule has 1 unspecified atom stereocenters. The van der Waals surface area contributed by atoms with E-state index in [4.69, 9.17) is 15.5 Å². The largest absolute Gasteiger partial charge is 0.465 e. The summed E-state index contributed by atoms with van der Waals surface area (Å²) in [7, 11) is -4.10. The Kier molecular flexibility index (Phi) is 5.75. The van der Waals surface area contributed by atoms with E-state index in [1.54, 1.807) is 6.92 Å². The minimum atomic E-state index is -4.10. The first kappa shape index (κ1) is 14.3. The fraction of sp³-hybridized carbons (Fsp3) is 0.625. The lowest BCUT2D eigenvalue weighted by molar-refractivity contribution is -0.143. The summed E-state index contributed by atoms with van der Waals surface area (Å²) in [5.74, 6) is -0.609. The Morgan fingerprint density at radius 2 is 2.13 bits per heavy atom. The predicted octanol–water partition coefficient (Wildman–Crippen LogP) is 0.000800. The lowest BCUT2D eigenvalue weighted by atomic mass is 10.2. The van der Waals surface area contributed by atoms with Crippen LogP contribution in [-0.4, -0.2) is 34.6 Å². The molecule has 0 aromatic heterocycles. The number of ether oxygens (including phenoxy) is 1. The van der Waals surface area contributed by atoms with Crippen molar-refractivity contribution in [1.29, 1.82) is 0 Å². The van der Waals surface area contributed by atoms with Crippen molar-refractivity contribution in [3.63, 3.8) is 0 Å². The maximum atomic E-state index is 11.1. The molecule has 0 spiro atoms. The molecule has 0 bridgehead atoms. The molecule has 0 aliphatic rings. The number of carbonyl (C=O) groups is 1. The second kappa shape index (κ2) is 6.02. The van der Waals surface area contributed by atoms with Gasteiger partial charge in [0.05, 0.1) is 12.8 Å². The quantitative estimate of drug-likeness (QED) is 0.352. The van der Waals surface area contributed by atoms with Crippen molar-refractivity contribution in [3.8, 4) is 0 Å². The molecule has 0 heterocycles. The van der Waals surface area contributed by atoms with Crippen LogP contribution in [0, 0.1) is 0 Å². The van der Waals surface area contributed by atoms with Gasteiger partial charge in [0.1, 0.15) is 6.04 Å². The molecule has 0 amide bonds. The van der Waals surface area contributed by atoms with Crippen LogP contribution in [-0.2, 0) is 14.1 Å². The van der Waals surface area contributed by atoms with Crippen molar-refractivity contribution in [2.75, 3.05) is 12.8 Å². The lowest BCUT2D eigenvalue weighted by Gasteiger charge is -2.08. The molecule has 0 aliphatic heterocycles. The molecular weight excluding hydrogens is 221 g/mol. The van der Waals surface area contributed by atoms with Gasteiger partial charge in [-0.05, 0) is 13.8 Å². The highest BCUT2D eigenvalue weighted by Crippen LogP contribution is 2.36. The number of esters is 1. The van der Waals surface area contributed by atoms with Crippen LogP contribution in [0.25, 0.3) is 0 Å². The number of hydrogen-bond donors (Lipinski definition) is 3. The average Bonchev–Trinajstić information content (AvgIpc) is 2.00. The van der Waals surface area contributed by atoms with Gasteiger partial charge in [0.15, 0.2) is 0 Å². The van der Waals surface area contributed by atoms with Crippen LogP contribution in [0.3, 0.4) is 0 Å². The molecule has 1 atom stereocenters. The average molecular weight is 237 g/mol. The molecule has 6 nitrogen and oxygen atoms in total. The summed E-state index contributed by atoms with van der Waals surface area (Å²) in [5, 5.41) is 0. The first-order chi connectivity index (χ1) is 6.76. The molecule has 7 heteroatoms. The van der Waals surface area contributed by atoms with Crippen molar-refractivity contribution in [3.05, 3.63) is 11.6 Å². The molecular formula is C8H16NO5P. The van der Waals surface area contributed by atoms with E-state index in [-0.39, 0.29) is 6.61 Å². The predicted molar refractivity (Wildman–Crippen MR) is 55.3 cm³/mol. The molecule has 0 saturated heterocycles. The molecule has 88 valence electrons. The number of nitrogens with two attached hydrogens (primary N) is 1. The highest BCUT2D eigenvalue weighted by molar-refractivity contribution is 7.52.